The number of aliphatic carboxylic acids is 1. The molecule has 0 radical (unpaired) electrons. The van der Waals surface area contributed by atoms with E-state index in [9.17, 15) is 24.6 Å². The van der Waals surface area contributed by atoms with Crippen molar-refractivity contribution >= 4 is 17.8 Å². The van der Waals surface area contributed by atoms with Gasteiger partial charge in [0.2, 0.25) is 11.8 Å². The number of rotatable bonds is 9. The third-order valence-electron chi connectivity index (χ3n) is 11.5. The van der Waals surface area contributed by atoms with E-state index in [1.54, 1.807) is 0 Å². The minimum absolute atomic E-state index is 0.0234. The predicted molar refractivity (Wildman–Crippen MR) is 138 cm³/mol. The molecule has 4 saturated carbocycles. The zero-order valence-corrected chi connectivity index (χ0v) is 22.5. The minimum atomic E-state index is -1.13. The van der Waals surface area contributed by atoms with Crippen molar-refractivity contribution < 1.29 is 24.6 Å². The number of aliphatic hydroxyl groups is 1. The maximum absolute atomic E-state index is 12.6. The quantitative estimate of drug-likeness (QED) is 0.373. The highest BCUT2D eigenvalue weighted by atomic mass is 16.4. The number of carboxylic acid groups (broad SMARTS) is 1. The number of aliphatic hydroxyl groups excluding tert-OH is 1. The second kappa shape index (κ2) is 10.6. The van der Waals surface area contributed by atoms with E-state index >= 15 is 0 Å². The van der Waals surface area contributed by atoms with Crippen molar-refractivity contribution in [3.63, 3.8) is 0 Å². The number of hydrogen-bond donors (Lipinski definition) is 4. The highest BCUT2D eigenvalue weighted by molar-refractivity contribution is 5.84. The van der Waals surface area contributed by atoms with Gasteiger partial charge in [0.25, 0.3) is 0 Å². The fourth-order valence-electron chi connectivity index (χ4n) is 9.58. The van der Waals surface area contributed by atoms with E-state index in [0.717, 1.165) is 37.0 Å². The summed E-state index contributed by atoms with van der Waals surface area (Å²) in [6, 6.07) is -1.07. The molecule has 7 heteroatoms. The molecule has 4 rings (SSSR count). The average molecular weight is 505 g/mol. The first-order valence-electron chi connectivity index (χ1n) is 14.4. The van der Waals surface area contributed by atoms with Gasteiger partial charge in [-0.3, -0.25) is 9.59 Å². The lowest BCUT2D eigenvalue weighted by Crippen LogP contribution is -2.54. The molecule has 4 aliphatic rings. The Bertz CT molecular complexity index is 848. The van der Waals surface area contributed by atoms with Crippen LogP contribution in [0.3, 0.4) is 0 Å². The van der Waals surface area contributed by atoms with E-state index in [1.807, 2.05) is 0 Å². The van der Waals surface area contributed by atoms with Crippen LogP contribution in [-0.4, -0.2) is 40.1 Å². The maximum Gasteiger partial charge on any atom is 0.326 e. The molecule has 0 aromatic rings. The van der Waals surface area contributed by atoms with Gasteiger partial charge in [-0.1, -0.05) is 20.8 Å². The molecule has 0 saturated heterocycles. The molecule has 0 aromatic heterocycles. The topological polar surface area (TPSA) is 130 Å². The Balaban J connectivity index is 1.34. The fourth-order valence-corrected chi connectivity index (χ4v) is 9.58. The number of fused-ring (bicyclic) bond motifs is 5. The number of amides is 2. The number of hydrogen-bond acceptors (Lipinski definition) is 4. The number of nitrogens with one attached hydrogen (secondary N) is 1. The van der Waals surface area contributed by atoms with Crippen LogP contribution in [0.15, 0.2) is 0 Å². The molecule has 4 fully saturated rings. The molecule has 0 aromatic carbocycles. The predicted octanol–water partition coefficient (Wildman–Crippen LogP) is 4.26. The summed E-state index contributed by atoms with van der Waals surface area (Å²) < 4.78 is 0. The second-order valence-corrected chi connectivity index (χ2v) is 13.3. The Morgan fingerprint density at radius 2 is 1.64 bits per heavy atom. The molecule has 10 atom stereocenters. The minimum Gasteiger partial charge on any atom is -0.480 e. The zero-order chi connectivity index (χ0) is 26.3. The zero-order valence-electron chi connectivity index (χ0n) is 22.5. The molecule has 2 amide bonds. The van der Waals surface area contributed by atoms with Crippen molar-refractivity contribution in [2.24, 2.45) is 52.1 Å². The number of carbonyl (C=O) groups excluding carboxylic acids is 2. The molecule has 0 heterocycles. The third-order valence-corrected chi connectivity index (χ3v) is 11.5. The normalized spacial score (nSPS) is 41.3. The van der Waals surface area contributed by atoms with E-state index in [0.29, 0.717) is 35.0 Å². The summed E-state index contributed by atoms with van der Waals surface area (Å²) >= 11 is 0. The molecule has 7 nitrogen and oxygen atoms in total. The molecular formula is C29H48N2O5. The third kappa shape index (κ3) is 5.19. The largest absolute Gasteiger partial charge is 0.480 e. The molecule has 36 heavy (non-hydrogen) atoms. The molecule has 0 unspecified atom stereocenters. The Morgan fingerprint density at radius 3 is 2.33 bits per heavy atom. The fraction of sp³-hybridized carbons (Fsp3) is 0.897. The van der Waals surface area contributed by atoms with Gasteiger partial charge in [0, 0.05) is 12.8 Å². The summed E-state index contributed by atoms with van der Waals surface area (Å²) in [5.41, 5.74) is 5.85. The van der Waals surface area contributed by atoms with Gasteiger partial charge in [-0.25, -0.2) is 4.79 Å². The van der Waals surface area contributed by atoms with Crippen LogP contribution in [0.4, 0.5) is 0 Å². The van der Waals surface area contributed by atoms with Crippen molar-refractivity contribution in [2.75, 3.05) is 0 Å². The van der Waals surface area contributed by atoms with Gasteiger partial charge in [0.05, 0.1) is 6.10 Å². The first-order valence-corrected chi connectivity index (χ1v) is 14.4. The Morgan fingerprint density at radius 1 is 0.944 bits per heavy atom. The molecule has 0 aliphatic heterocycles. The van der Waals surface area contributed by atoms with Crippen LogP contribution in [-0.2, 0) is 14.4 Å². The number of nitrogens with two attached hydrogens (primary N) is 1. The Labute approximate surface area is 216 Å². The summed E-state index contributed by atoms with van der Waals surface area (Å²) in [6.45, 7) is 7.33. The van der Waals surface area contributed by atoms with E-state index in [4.69, 9.17) is 5.73 Å². The summed E-state index contributed by atoms with van der Waals surface area (Å²) in [4.78, 5) is 35.0. The second-order valence-electron chi connectivity index (χ2n) is 13.3. The highest BCUT2D eigenvalue weighted by Crippen LogP contribution is 2.68. The number of carboxylic acids is 1. The van der Waals surface area contributed by atoms with Gasteiger partial charge in [-0.2, -0.15) is 0 Å². The molecule has 204 valence electrons. The Kier molecular flexibility index (Phi) is 8.09. The highest BCUT2D eigenvalue weighted by Gasteiger charge is 2.60. The van der Waals surface area contributed by atoms with E-state index < -0.39 is 17.9 Å². The van der Waals surface area contributed by atoms with Gasteiger partial charge in [-0.05, 0) is 117 Å². The van der Waals surface area contributed by atoms with Gasteiger partial charge in [0.1, 0.15) is 6.04 Å². The van der Waals surface area contributed by atoms with Crippen molar-refractivity contribution in [3.05, 3.63) is 0 Å². The van der Waals surface area contributed by atoms with Gasteiger partial charge < -0.3 is 21.3 Å². The number of carbonyl (C=O) groups is 3. The Hall–Kier alpha value is -1.63. The van der Waals surface area contributed by atoms with Crippen LogP contribution in [0.25, 0.3) is 0 Å². The molecule has 4 aliphatic carbocycles. The molecular weight excluding hydrogens is 456 g/mol. The lowest BCUT2D eigenvalue weighted by molar-refractivity contribution is -0.142. The van der Waals surface area contributed by atoms with Gasteiger partial charge in [0.15, 0.2) is 0 Å². The smallest absolute Gasteiger partial charge is 0.326 e. The summed E-state index contributed by atoms with van der Waals surface area (Å²) in [6.07, 6.45) is 11.7. The van der Waals surface area contributed by atoms with Crippen molar-refractivity contribution in [1.29, 1.82) is 0 Å². The van der Waals surface area contributed by atoms with Crippen LogP contribution in [0.2, 0.25) is 0 Å². The van der Waals surface area contributed by atoms with Crippen LogP contribution >= 0.6 is 0 Å². The first-order chi connectivity index (χ1) is 17.0. The van der Waals surface area contributed by atoms with Gasteiger partial charge in [-0.15, -0.1) is 0 Å². The summed E-state index contributed by atoms with van der Waals surface area (Å²) in [5, 5.41) is 22.2. The van der Waals surface area contributed by atoms with Crippen molar-refractivity contribution in [3.8, 4) is 0 Å². The lowest BCUT2D eigenvalue weighted by Gasteiger charge is -2.61. The maximum atomic E-state index is 12.6. The molecule has 0 bridgehead atoms. The van der Waals surface area contributed by atoms with E-state index in [1.165, 1.54) is 44.9 Å². The van der Waals surface area contributed by atoms with Crippen molar-refractivity contribution in [1.82, 2.24) is 5.32 Å². The number of primary amides is 1. The summed E-state index contributed by atoms with van der Waals surface area (Å²) in [5.74, 6) is 2.08. The molecule has 5 N–H and O–H groups in total. The van der Waals surface area contributed by atoms with Crippen LogP contribution in [0, 0.1) is 46.3 Å². The van der Waals surface area contributed by atoms with E-state index in [-0.39, 0.29) is 24.9 Å². The van der Waals surface area contributed by atoms with Crippen LogP contribution in [0.5, 0.6) is 0 Å². The van der Waals surface area contributed by atoms with Crippen LogP contribution in [0.1, 0.15) is 104 Å². The van der Waals surface area contributed by atoms with Gasteiger partial charge >= 0.3 is 5.97 Å². The lowest BCUT2D eigenvalue weighted by atomic mass is 9.44. The monoisotopic (exact) mass is 504 g/mol. The first kappa shape index (κ1) is 27.4. The van der Waals surface area contributed by atoms with E-state index in [2.05, 4.69) is 26.1 Å². The van der Waals surface area contributed by atoms with Crippen molar-refractivity contribution in [2.45, 2.75) is 116 Å². The standard InChI is InChI=1S/C29H48N2O5/c1-17(4-11-26(34)31-24(27(35)36)9-10-25(30)33)21-7-8-22-20-6-5-18-16-19(32)12-14-28(18,2)23(20)13-15-29(21,22)3/h17-24,32H,4-16H2,1-3H3,(H2,30,33)(H,31,34)(H,35,36)/t17-,18-,19-,20+,21-,22+,23+,24+,28+,29-/m1/s1. The SMILES string of the molecule is C[C@H](CCC(=O)N[C@@H](CCC(N)=O)C(=O)O)[C@H]1CC[C@H]2[C@@H]3CC[C@@H]4C[C@H](O)CC[C@]4(C)[C@H]3CC[C@]12C. The molecule has 0 spiro atoms. The summed E-state index contributed by atoms with van der Waals surface area (Å²) in [7, 11) is 0. The van der Waals surface area contributed by atoms with Crippen LogP contribution < -0.4 is 11.1 Å². The average Bonchev–Trinajstić information content (AvgIpc) is 3.17.